The molecule has 1 aliphatic rings. The van der Waals surface area contributed by atoms with Crippen LogP contribution < -0.4 is 0 Å². The lowest BCUT2D eigenvalue weighted by Crippen LogP contribution is -2.53. The Morgan fingerprint density at radius 2 is 1.74 bits per heavy atom. The second-order valence-corrected chi connectivity index (χ2v) is 6.81. The second kappa shape index (κ2) is 7.29. The zero-order valence-electron chi connectivity index (χ0n) is 14.5. The largest absolute Gasteiger partial charge is 0.465 e. The average molecular weight is 329 g/mol. The lowest BCUT2D eigenvalue weighted by atomic mass is 9.73. The number of piperidine rings is 1. The van der Waals surface area contributed by atoms with Gasteiger partial charge in [-0.2, -0.15) is 0 Å². The van der Waals surface area contributed by atoms with Crippen LogP contribution in [0.5, 0.6) is 0 Å². The fourth-order valence-electron chi connectivity index (χ4n) is 2.62. The van der Waals surface area contributed by atoms with Gasteiger partial charge in [0.05, 0.1) is 6.61 Å². The van der Waals surface area contributed by atoms with E-state index in [1.165, 1.54) is 11.8 Å². The zero-order valence-corrected chi connectivity index (χ0v) is 14.5. The summed E-state index contributed by atoms with van der Waals surface area (Å²) in [6.07, 6.45) is -1.49. The molecule has 0 aromatic heterocycles. The molecule has 1 atom stereocenters. The lowest BCUT2D eigenvalue weighted by molar-refractivity contribution is -0.166. The van der Waals surface area contributed by atoms with Crippen LogP contribution in [0.2, 0.25) is 0 Å². The number of carbonyl (C=O) groups is 3. The molecule has 1 aliphatic heterocycles. The average Bonchev–Trinajstić information content (AvgIpc) is 2.44. The molecule has 1 rings (SSSR count). The highest BCUT2D eigenvalue weighted by molar-refractivity contribution is 6.05. The van der Waals surface area contributed by atoms with Crippen molar-refractivity contribution in [3.8, 4) is 0 Å². The Morgan fingerprint density at radius 1 is 1.22 bits per heavy atom. The van der Waals surface area contributed by atoms with Gasteiger partial charge >= 0.3 is 12.1 Å². The van der Waals surface area contributed by atoms with Crippen LogP contribution in [-0.4, -0.2) is 59.3 Å². The topological polar surface area (TPSA) is 93.1 Å². The zero-order chi connectivity index (χ0) is 17.8. The molecule has 1 heterocycles. The number of esters is 1. The number of likely N-dealkylation sites (tertiary alicyclic amines) is 1. The minimum absolute atomic E-state index is 0.120. The number of aliphatic hydroxyl groups is 1. The van der Waals surface area contributed by atoms with Gasteiger partial charge in [-0.3, -0.25) is 9.59 Å². The van der Waals surface area contributed by atoms with Gasteiger partial charge in [0.25, 0.3) is 0 Å². The van der Waals surface area contributed by atoms with Crippen LogP contribution in [0, 0.1) is 5.41 Å². The first-order valence-electron chi connectivity index (χ1n) is 7.91. The van der Waals surface area contributed by atoms with Crippen molar-refractivity contribution in [1.82, 2.24) is 4.90 Å². The molecule has 23 heavy (non-hydrogen) atoms. The number of carbonyl (C=O) groups excluding carboxylic acids is 3. The minimum atomic E-state index is -1.39. The number of rotatable bonds is 4. The molecule has 7 nitrogen and oxygen atoms in total. The number of ether oxygens (including phenoxy) is 2. The summed E-state index contributed by atoms with van der Waals surface area (Å²) in [5.74, 6) is -1.19. The molecule has 0 aromatic carbocycles. The van der Waals surface area contributed by atoms with Crippen LogP contribution in [-0.2, 0) is 19.1 Å². The minimum Gasteiger partial charge on any atom is -0.465 e. The lowest BCUT2D eigenvalue weighted by Gasteiger charge is -2.39. The van der Waals surface area contributed by atoms with Crippen molar-refractivity contribution in [2.45, 2.75) is 59.2 Å². The van der Waals surface area contributed by atoms with E-state index in [0.29, 0.717) is 0 Å². The molecule has 0 radical (unpaired) electrons. The third-order valence-electron chi connectivity index (χ3n) is 3.79. The molecular formula is C16H27NO6. The van der Waals surface area contributed by atoms with Crippen molar-refractivity contribution < 1.29 is 29.0 Å². The molecule has 1 amide bonds. The third-order valence-corrected chi connectivity index (χ3v) is 3.79. The van der Waals surface area contributed by atoms with Crippen molar-refractivity contribution >= 4 is 17.8 Å². The molecule has 0 saturated carbocycles. The van der Waals surface area contributed by atoms with Crippen LogP contribution in [0.4, 0.5) is 4.79 Å². The maximum atomic E-state index is 12.4. The van der Waals surface area contributed by atoms with Gasteiger partial charge in [0.1, 0.15) is 17.1 Å². The maximum Gasteiger partial charge on any atom is 0.410 e. The Hall–Kier alpha value is -1.63. The monoisotopic (exact) mass is 329 g/mol. The van der Waals surface area contributed by atoms with E-state index in [0.717, 1.165) is 0 Å². The Morgan fingerprint density at radius 3 is 2.13 bits per heavy atom. The smallest absolute Gasteiger partial charge is 0.410 e. The highest BCUT2D eigenvalue weighted by Crippen LogP contribution is 2.35. The summed E-state index contributed by atoms with van der Waals surface area (Å²) >= 11 is 0. The number of Topliss-reactive ketones (excluding diaryl/α,β-unsaturated/α-hetero) is 1. The molecule has 1 saturated heterocycles. The second-order valence-electron chi connectivity index (χ2n) is 6.81. The van der Waals surface area contributed by atoms with Gasteiger partial charge in [-0.1, -0.05) is 0 Å². The quantitative estimate of drug-likeness (QED) is 0.621. The van der Waals surface area contributed by atoms with E-state index in [-0.39, 0.29) is 32.5 Å². The fraction of sp³-hybridized carbons (Fsp3) is 0.812. The molecule has 1 unspecified atom stereocenters. The van der Waals surface area contributed by atoms with Crippen molar-refractivity contribution in [3.05, 3.63) is 0 Å². The SMILES string of the molecule is CCOC(=O)C1(C(=O)C(C)O)CCN(C(=O)OC(C)(C)C)CC1. The molecule has 0 spiro atoms. The molecule has 132 valence electrons. The third kappa shape index (κ3) is 4.67. The number of amides is 1. The highest BCUT2D eigenvalue weighted by Gasteiger charge is 2.51. The van der Waals surface area contributed by atoms with Crippen LogP contribution in [0.1, 0.15) is 47.5 Å². The summed E-state index contributed by atoms with van der Waals surface area (Å²) in [6, 6.07) is 0. The first-order valence-corrected chi connectivity index (χ1v) is 7.91. The molecule has 0 aromatic rings. The van der Waals surface area contributed by atoms with Gasteiger partial charge in [-0.15, -0.1) is 0 Å². The van der Waals surface area contributed by atoms with Gasteiger partial charge < -0.3 is 19.5 Å². The van der Waals surface area contributed by atoms with Gasteiger partial charge in [0.2, 0.25) is 0 Å². The van der Waals surface area contributed by atoms with E-state index in [1.807, 2.05) is 0 Å². The molecule has 1 N–H and O–H groups in total. The summed E-state index contributed by atoms with van der Waals surface area (Å²) < 4.78 is 10.3. The summed E-state index contributed by atoms with van der Waals surface area (Å²) in [5, 5.41) is 9.62. The van der Waals surface area contributed by atoms with Gasteiger partial charge in [-0.25, -0.2) is 4.79 Å². The number of nitrogens with zero attached hydrogens (tertiary/aromatic N) is 1. The van der Waals surface area contributed by atoms with Crippen molar-refractivity contribution in [2.24, 2.45) is 5.41 Å². The van der Waals surface area contributed by atoms with Crippen molar-refractivity contribution in [1.29, 1.82) is 0 Å². The first-order chi connectivity index (χ1) is 10.5. The Kier molecular flexibility index (Phi) is 6.16. The number of ketones is 1. The predicted octanol–water partition coefficient (Wildman–Crippen LogP) is 1.52. The Bertz CT molecular complexity index is 458. The van der Waals surface area contributed by atoms with Crippen molar-refractivity contribution in [3.63, 3.8) is 0 Å². The van der Waals surface area contributed by atoms with E-state index in [4.69, 9.17) is 9.47 Å². The first kappa shape index (κ1) is 19.4. The van der Waals surface area contributed by atoms with Gasteiger partial charge in [0.15, 0.2) is 5.78 Å². The van der Waals surface area contributed by atoms with Crippen LogP contribution >= 0.6 is 0 Å². The predicted molar refractivity (Wildman–Crippen MR) is 82.8 cm³/mol. The fourth-order valence-corrected chi connectivity index (χ4v) is 2.62. The van der Waals surface area contributed by atoms with Crippen LogP contribution in [0.3, 0.4) is 0 Å². The highest BCUT2D eigenvalue weighted by atomic mass is 16.6. The summed E-state index contributed by atoms with van der Waals surface area (Å²) in [5.41, 5.74) is -2.00. The molecular weight excluding hydrogens is 302 g/mol. The Balaban J connectivity index is 2.86. The van der Waals surface area contributed by atoms with Gasteiger partial charge in [0, 0.05) is 13.1 Å². The van der Waals surface area contributed by atoms with E-state index in [9.17, 15) is 19.5 Å². The molecule has 1 fully saturated rings. The molecule has 7 heteroatoms. The van der Waals surface area contributed by atoms with E-state index in [1.54, 1.807) is 27.7 Å². The number of hydrogen-bond donors (Lipinski definition) is 1. The van der Waals surface area contributed by atoms with Gasteiger partial charge in [-0.05, 0) is 47.5 Å². The standard InChI is InChI=1S/C16H27NO6/c1-6-22-13(20)16(12(19)11(2)18)7-9-17(10-8-16)14(21)23-15(3,4)5/h11,18H,6-10H2,1-5H3. The summed E-state index contributed by atoms with van der Waals surface area (Å²) in [7, 11) is 0. The van der Waals surface area contributed by atoms with E-state index in [2.05, 4.69) is 0 Å². The molecule has 0 aliphatic carbocycles. The normalized spacial score (nSPS) is 19.0. The number of hydrogen-bond acceptors (Lipinski definition) is 6. The van der Waals surface area contributed by atoms with Crippen molar-refractivity contribution in [2.75, 3.05) is 19.7 Å². The van der Waals surface area contributed by atoms with Crippen LogP contribution in [0.15, 0.2) is 0 Å². The van der Waals surface area contributed by atoms with E-state index >= 15 is 0 Å². The van der Waals surface area contributed by atoms with E-state index < -0.39 is 35.0 Å². The summed E-state index contributed by atoms with van der Waals surface area (Å²) in [6.45, 7) is 8.87. The number of aliphatic hydroxyl groups excluding tert-OH is 1. The Labute approximate surface area is 136 Å². The summed E-state index contributed by atoms with van der Waals surface area (Å²) in [4.78, 5) is 38.2. The molecule has 0 bridgehead atoms. The maximum absolute atomic E-state index is 12.4. The van der Waals surface area contributed by atoms with Crippen LogP contribution in [0.25, 0.3) is 0 Å².